The Morgan fingerprint density at radius 3 is 2.62 bits per heavy atom. The first-order chi connectivity index (χ1) is 14.0. The zero-order valence-corrected chi connectivity index (χ0v) is 16.0. The molecule has 0 unspecified atom stereocenters. The molecule has 1 amide bonds. The first-order valence-corrected chi connectivity index (χ1v) is 9.50. The second-order valence-electron chi connectivity index (χ2n) is 6.16. The van der Waals surface area contributed by atoms with Gasteiger partial charge < -0.3 is 4.74 Å². The molecular formula is C21H15F2N3O2S. The number of pyridine rings is 1. The zero-order chi connectivity index (χ0) is 20.4. The summed E-state index contributed by atoms with van der Waals surface area (Å²) in [6, 6.07) is 15.6. The van der Waals surface area contributed by atoms with Gasteiger partial charge in [0.1, 0.15) is 11.4 Å². The van der Waals surface area contributed by atoms with Crippen molar-refractivity contribution in [3.8, 4) is 17.0 Å². The summed E-state index contributed by atoms with van der Waals surface area (Å²) in [4.78, 5) is 22.3. The van der Waals surface area contributed by atoms with Crippen LogP contribution in [0.5, 0.6) is 5.75 Å². The molecule has 4 rings (SSSR count). The molecule has 146 valence electrons. The molecule has 4 aromatic rings. The van der Waals surface area contributed by atoms with Gasteiger partial charge in [0, 0.05) is 22.0 Å². The first-order valence-electron chi connectivity index (χ1n) is 8.69. The van der Waals surface area contributed by atoms with E-state index in [1.54, 1.807) is 18.3 Å². The first kappa shape index (κ1) is 18.9. The molecular weight excluding hydrogens is 396 g/mol. The van der Waals surface area contributed by atoms with E-state index in [1.807, 2.05) is 37.3 Å². The van der Waals surface area contributed by atoms with Crippen LogP contribution in [0.1, 0.15) is 15.4 Å². The lowest BCUT2D eigenvalue weighted by atomic mass is 10.1. The lowest BCUT2D eigenvalue weighted by molar-refractivity contribution is -0.0498. The number of hydrogen-bond donors (Lipinski definition) is 1. The minimum atomic E-state index is -2.87. The van der Waals surface area contributed by atoms with Gasteiger partial charge in [0.05, 0.1) is 5.69 Å². The van der Waals surface area contributed by atoms with Gasteiger partial charge in [-0.3, -0.25) is 15.1 Å². The molecule has 2 aromatic heterocycles. The van der Waals surface area contributed by atoms with Gasteiger partial charge in [-0.05, 0) is 42.6 Å². The van der Waals surface area contributed by atoms with Crippen molar-refractivity contribution in [3.05, 3.63) is 71.4 Å². The van der Waals surface area contributed by atoms with Crippen LogP contribution in [0.15, 0.2) is 60.8 Å². The number of ether oxygens (including phenoxy) is 1. The summed E-state index contributed by atoms with van der Waals surface area (Å²) in [5, 5.41) is 4.92. The van der Waals surface area contributed by atoms with Crippen molar-refractivity contribution in [1.29, 1.82) is 0 Å². The average molecular weight is 411 g/mol. The molecule has 0 aliphatic rings. The van der Waals surface area contributed by atoms with Crippen molar-refractivity contribution in [3.63, 3.8) is 0 Å². The van der Waals surface area contributed by atoms with Crippen LogP contribution in [0.4, 0.5) is 13.9 Å². The Hall–Kier alpha value is -3.39. The standard InChI is InChI=1S/C21H15F2N3O2S/c1-12-17(14-6-8-15(9-7-14)28-20(22)23)25-21(29-12)26-19(27)18-16-5-3-2-4-13(16)10-11-24-18/h2-11,20H,1H3,(H,25,26,27). The number of nitrogens with one attached hydrogen (secondary N) is 1. The summed E-state index contributed by atoms with van der Waals surface area (Å²) in [5.41, 5.74) is 1.73. The molecule has 0 aliphatic heterocycles. The fourth-order valence-corrected chi connectivity index (χ4v) is 3.80. The largest absolute Gasteiger partial charge is 0.435 e. The number of amides is 1. The van der Waals surface area contributed by atoms with E-state index in [2.05, 4.69) is 20.0 Å². The highest BCUT2D eigenvalue weighted by molar-refractivity contribution is 7.16. The number of halogens is 2. The van der Waals surface area contributed by atoms with Crippen molar-refractivity contribution < 1.29 is 18.3 Å². The molecule has 1 N–H and O–H groups in total. The fraction of sp³-hybridized carbons (Fsp3) is 0.0952. The molecule has 0 bridgehead atoms. The number of aromatic nitrogens is 2. The number of alkyl halides is 2. The maximum atomic E-state index is 12.7. The van der Waals surface area contributed by atoms with Crippen LogP contribution < -0.4 is 10.1 Å². The number of thiazole rings is 1. The lowest BCUT2D eigenvalue weighted by Gasteiger charge is -2.05. The Morgan fingerprint density at radius 1 is 1.10 bits per heavy atom. The van der Waals surface area contributed by atoms with Crippen molar-refractivity contribution in [2.75, 3.05) is 5.32 Å². The summed E-state index contributed by atoms with van der Waals surface area (Å²) >= 11 is 1.33. The third kappa shape index (κ3) is 4.07. The summed E-state index contributed by atoms with van der Waals surface area (Å²) < 4.78 is 28.9. The van der Waals surface area contributed by atoms with Crippen LogP contribution in [0.2, 0.25) is 0 Å². The molecule has 0 fully saturated rings. The predicted molar refractivity (Wildman–Crippen MR) is 109 cm³/mol. The molecule has 0 aliphatic carbocycles. The highest BCUT2D eigenvalue weighted by Crippen LogP contribution is 2.32. The van der Waals surface area contributed by atoms with Gasteiger partial charge >= 0.3 is 6.61 Å². The van der Waals surface area contributed by atoms with Gasteiger partial charge in [0.25, 0.3) is 5.91 Å². The molecule has 0 saturated heterocycles. The van der Waals surface area contributed by atoms with Crippen molar-refractivity contribution in [2.45, 2.75) is 13.5 Å². The Balaban J connectivity index is 1.57. The average Bonchev–Trinajstić information content (AvgIpc) is 3.07. The minimum Gasteiger partial charge on any atom is -0.435 e. The smallest absolute Gasteiger partial charge is 0.387 e. The van der Waals surface area contributed by atoms with E-state index in [9.17, 15) is 13.6 Å². The molecule has 0 saturated carbocycles. The van der Waals surface area contributed by atoms with Crippen LogP contribution >= 0.6 is 11.3 Å². The summed E-state index contributed by atoms with van der Waals surface area (Å²) in [6.45, 7) is -0.992. The highest BCUT2D eigenvalue weighted by atomic mass is 32.1. The maximum Gasteiger partial charge on any atom is 0.387 e. The van der Waals surface area contributed by atoms with Gasteiger partial charge in [-0.2, -0.15) is 8.78 Å². The minimum absolute atomic E-state index is 0.0761. The number of carbonyl (C=O) groups excluding carboxylic acids is 1. The molecule has 2 heterocycles. The summed E-state index contributed by atoms with van der Waals surface area (Å²) in [7, 11) is 0. The number of aryl methyl sites for hydroxylation is 1. The predicted octanol–water partition coefficient (Wildman–Crippen LogP) is 5.52. The molecule has 0 radical (unpaired) electrons. The lowest BCUT2D eigenvalue weighted by Crippen LogP contribution is -2.13. The number of nitrogens with zero attached hydrogens (tertiary/aromatic N) is 2. The third-order valence-corrected chi connectivity index (χ3v) is 5.14. The molecule has 5 nitrogen and oxygen atoms in total. The second-order valence-corrected chi connectivity index (χ2v) is 7.36. The third-order valence-electron chi connectivity index (χ3n) is 4.26. The van der Waals surface area contributed by atoms with Crippen LogP contribution in [-0.2, 0) is 0 Å². The quantitative estimate of drug-likeness (QED) is 0.470. The van der Waals surface area contributed by atoms with Crippen LogP contribution in [0.3, 0.4) is 0 Å². The molecule has 0 atom stereocenters. The van der Waals surface area contributed by atoms with E-state index >= 15 is 0 Å². The van der Waals surface area contributed by atoms with Crippen LogP contribution in [0.25, 0.3) is 22.0 Å². The van der Waals surface area contributed by atoms with E-state index in [0.717, 1.165) is 21.2 Å². The number of hydrogen-bond acceptors (Lipinski definition) is 5. The Labute approximate surface area is 169 Å². The van der Waals surface area contributed by atoms with Crippen LogP contribution in [0, 0.1) is 6.92 Å². The Morgan fingerprint density at radius 2 is 1.86 bits per heavy atom. The Kier molecular flexibility index (Phi) is 5.18. The number of anilines is 1. The number of fused-ring (bicyclic) bond motifs is 1. The zero-order valence-electron chi connectivity index (χ0n) is 15.2. The second kappa shape index (κ2) is 7.92. The van der Waals surface area contributed by atoms with Crippen molar-refractivity contribution >= 4 is 33.1 Å². The van der Waals surface area contributed by atoms with E-state index in [4.69, 9.17) is 0 Å². The number of benzene rings is 2. The summed E-state index contributed by atoms with van der Waals surface area (Å²) in [5.74, 6) is -0.269. The van der Waals surface area contributed by atoms with E-state index in [0.29, 0.717) is 16.5 Å². The number of carbonyl (C=O) groups is 1. The van der Waals surface area contributed by atoms with Crippen LogP contribution in [-0.4, -0.2) is 22.5 Å². The molecule has 8 heteroatoms. The van der Waals surface area contributed by atoms with Gasteiger partial charge in [-0.25, -0.2) is 4.98 Å². The van der Waals surface area contributed by atoms with Crippen molar-refractivity contribution in [1.82, 2.24) is 9.97 Å². The fourth-order valence-electron chi connectivity index (χ4n) is 2.97. The topological polar surface area (TPSA) is 64.1 Å². The van der Waals surface area contributed by atoms with E-state index < -0.39 is 6.61 Å². The van der Waals surface area contributed by atoms with Gasteiger partial charge in [0.15, 0.2) is 5.13 Å². The molecule has 0 spiro atoms. The van der Waals surface area contributed by atoms with E-state index in [-0.39, 0.29) is 11.7 Å². The van der Waals surface area contributed by atoms with Gasteiger partial charge in [0.2, 0.25) is 0 Å². The SMILES string of the molecule is Cc1sc(NC(=O)c2nccc3ccccc23)nc1-c1ccc(OC(F)F)cc1. The number of rotatable bonds is 5. The molecule has 2 aromatic carbocycles. The highest BCUT2D eigenvalue weighted by Gasteiger charge is 2.16. The molecule has 29 heavy (non-hydrogen) atoms. The monoisotopic (exact) mass is 411 g/mol. The van der Waals surface area contributed by atoms with Gasteiger partial charge in [-0.15, -0.1) is 11.3 Å². The normalized spacial score (nSPS) is 11.0. The van der Waals surface area contributed by atoms with Gasteiger partial charge in [-0.1, -0.05) is 24.3 Å². The summed E-state index contributed by atoms with van der Waals surface area (Å²) in [6.07, 6.45) is 1.60. The maximum absolute atomic E-state index is 12.7. The van der Waals surface area contributed by atoms with Crippen molar-refractivity contribution in [2.24, 2.45) is 0 Å². The van der Waals surface area contributed by atoms with E-state index in [1.165, 1.54) is 23.5 Å². The Bertz CT molecular complexity index is 1170.